The Balaban J connectivity index is 1.68. The molecule has 2 heterocycles. The summed E-state index contributed by atoms with van der Waals surface area (Å²) in [6.07, 6.45) is 2.76. The topological polar surface area (TPSA) is 59.1 Å². The van der Waals surface area contributed by atoms with Crippen LogP contribution in [0.25, 0.3) is 0 Å². The van der Waals surface area contributed by atoms with Crippen molar-refractivity contribution >= 4 is 0 Å². The van der Waals surface area contributed by atoms with Gasteiger partial charge in [0.25, 0.3) is 0 Å². The van der Waals surface area contributed by atoms with E-state index in [2.05, 4.69) is 27.8 Å². The third-order valence-corrected chi connectivity index (χ3v) is 2.90. The predicted molar refractivity (Wildman–Crippen MR) is 65.6 cm³/mol. The van der Waals surface area contributed by atoms with Crippen molar-refractivity contribution in [1.82, 2.24) is 20.8 Å². The Bertz CT molecular complexity index is 314. The lowest BCUT2D eigenvalue weighted by atomic mass is 10.1. The molecule has 1 saturated heterocycles. The number of rotatable bonds is 5. The Hall–Kier alpha value is -1.04. The third-order valence-electron chi connectivity index (χ3n) is 2.90. The number of hydrogen-bond donors (Lipinski definition) is 2. The zero-order valence-corrected chi connectivity index (χ0v) is 10.2. The van der Waals surface area contributed by atoms with Gasteiger partial charge in [0.1, 0.15) is 0 Å². The molecule has 0 bridgehead atoms. The Morgan fingerprint density at radius 3 is 3.29 bits per heavy atom. The van der Waals surface area contributed by atoms with Crippen LogP contribution in [0.5, 0.6) is 0 Å². The van der Waals surface area contributed by atoms with Crippen LogP contribution in [0.4, 0.5) is 0 Å². The fourth-order valence-electron chi connectivity index (χ4n) is 1.99. The van der Waals surface area contributed by atoms with Crippen LogP contribution < -0.4 is 10.6 Å². The molecule has 1 fully saturated rings. The number of ether oxygens (including phenoxy) is 1. The first-order chi connectivity index (χ1) is 8.34. The van der Waals surface area contributed by atoms with Crippen LogP contribution in [0, 0.1) is 0 Å². The number of aromatic nitrogens is 2. The zero-order valence-electron chi connectivity index (χ0n) is 10.2. The molecule has 0 spiro atoms. The van der Waals surface area contributed by atoms with Crippen molar-refractivity contribution in [2.24, 2.45) is 0 Å². The second-order valence-corrected chi connectivity index (χ2v) is 4.46. The minimum atomic E-state index is 0.441. The summed E-state index contributed by atoms with van der Waals surface area (Å²) < 4.78 is 5.43. The van der Waals surface area contributed by atoms with Gasteiger partial charge in [-0.1, -0.05) is 0 Å². The third kappa shape index (κ3) is 4.38. The Morgan fingerprint density at radius 2 is 2.59 bits per heavy atom. The maximum Gasteiger partial charge on any atom is 0.0769 e. The first-order valence-corrected chi connectivity index (χ1v) is 6.15. The quantitative estimate of drug-likeness (QED) is 0.771. The van der Waals surface area contributed by atoms with E-state index in [1.165, 1.54) is 0 Å². The smallest absolute Gasteiger partial charge is 0.0769 e. The lowest BCUT2D eigenvalue weighted by molar-refractivity contribution is 0.0712. The Morgan fingerprint density at radius 1 is 1.65 bits per heavy atom. The second-order valence-electron chi connectivity index (χ2n) is 4.46. The van der Waals surface area contributed by atoms with E-state index in [9.17, 15) is 0 Å². The molecule has 0 radical (unpaired) electrons. The van der Waals surface area contributed by atoms with E-state index < -0.39 is 0 Å². The minimum Gasteiger partial charge on any atom is -0.379 e. The van der Waals surface area contributed by atoms with E-state index in [0.29, 0.717) is 12.1 Å². The van der Waals surface area contributed by atoms with Gasteiger partial charge in [-0.3, -0.25) is 0 Å². The number of hydrogen-bond acceptors (Lipinski definition) is 5. The van der Waals surface area contributed by atoms with Crippen molar-refractivity contribution in [1.29, 1.82) is 0 Å². The molecule has 5 nitrogen and oxygen atoms in total. The van der Waals surface area contributed by atoms with Gasteiger partial charge in [0, 0.05) is 31.4 Å². The number of morpholine rings is 1. The molecule has 2 atom stereocenters. The van der Waals surface area contributed by atoms with Crippen molar-refractivity contribution in [3.63, 3.8) is 0 Å². The van der Waals surface area contributed by atoms with Crippen molar-refractivity contribution in [3.8, 4) is 0 Å². The minimum absolute atomic E-state index is 0.441. The highest BCUT2D eigenvalue weighted by Crippen LogP contribution is 2.03. The van der Waals surface area contributed by atoms with Crippen LogP contribution in [-0.2, 0) is 11.3 Å². The van der Waals surface area contributed by atoms with E-state index in [4.69, 9.17) is 4.74 Å². The molecule has 1 aromatic rings. The highest BCUT2D eigenvalue weighted by atomic mass is 16.5. The molecule has 2 rings (SSSR count). The Labute approximate surface area is 102 Å². The number of nitrogens with one attached hydrogen (secondary N) is 2. The van der Waals surface area contributed by atoms with E-state index in [-0.39, 0.29) is 0 Å². The van der Waals surface area contributed by atoms with Crippen LogP contribution in [0.15, 0.2) is 18.3 Å². The van der Waals surface area contributed by atoms with Crippen molar-refractivity contribution in [3.05, 3.63) is 24.0 Å². The lowest BCUT2D eigenvalue weighted by Gasteiger charge is -2.26. The molecule has 1 aliphatic rings. The van der Waals surface area contributed by atoms with E-state index in [1.807, 2.05) is 12.1 Å². The maximum absolute atomic E-state index is 5.43. The lowest BCUT2D eigenvalue weighted by Crippen LogP contribution is -2.44. The molecule has 17 heavy (non-hydrogen) atoms. The molecule has 1 aromatic heterocycles. The standard InChI is InChI=1S/C12H20N4O/c1-10(7-12-9-17-6-5-13-12)14-8-11-3-2-4-15-16-11/h2-4,10,12-14H,5-9H2,1H3. The summed E-state index contributed by atoms with van der Waals surface area (Å²) in [5.41, 5.74) is 0.979. The van der Waals surface area contributed by atoms with Crippen LogP contribution in [-0.4, -0.2) is 42.0 Å². The van der Waals surface area contributed by atoms with Crippen molar-refractivity contribution in [2.75, 3.05) is 19.8 Å². The highest BCUT2D eigenvalue weighted by molar-refractivity contribution is 4.98. The van der Waals surface area contributed by atoms with Gasteiger partial charge in [-0.05, 0) is 25.5 Å². The monoisotopic (exact) mass is 236 g/mol. The molecule has 2 unspecified atom stereocenters. The van der Waals surface area contributed by atoms with Gasteiger partial charge in [-0.15, -0.1) is 0 Å². The molecular formula is C12H20N4O. The van der Waals surface area contributed by atoms with Gasteiger partial charge in [0.15, 0.2) is 0 Å². The van der Waals surface area contributed by atoms with Crippen molar-refractivity contribution in [2.45, 2.75) is 32.0 Å². The molecule has 1 aliphatic heterocycles. The van der Waals surface area contributed by atoms with E-state index in [1.54, 1.807) is 6.20 Å². The van der Waals surface area contributed by atoms with Gasteiger partial charge in [0.2, 0.25) is 0 Å². The predicted octanol–water partition coefficient (Wildman–Crippen LogP) is 0.333. The van der Waals surface area contributed by atoms with Crippen LogP contribution in [0.3, 0.4) is 0 Å². The Kier molecular flexibility index (Phi) is 4.85. The SMILES string of the molecule is CC(CC1COCCN1)NCc1cccnn1. The molecule has 0 saturated carbocycles. The summed E-state index contributed by atoms with van der Waals surface area (Å²) in [6.45, 7) is 5.56. The summed E-state index contributed by atoms with van der Waals surface area (Å²) >= 11 is 0. The van der Waals surface area contributed by atoms with Gasteiger partial charge in [-0.25, -0.2) is 0 Å². The highest BCUT2D eigenvalue weighted by Gasteiger charge is 2.15. The number of nitrogens with zero attached hydrogens (tertiary/aromatic N) is 2. The molecule has 0 amide bonds. The average molecular weight is 236 g/mol. The van der Waals surface area contributed by atoms with Gasteiger partial charge < -0.3 is 15.4 Å². The summed E-state index contributed by atoms with van der Waals surface area (Å²) in [5, 5.41) is 14.8. The molecule has 5 heteroatoms. The summed E-state index contributed by atoms with van der Waals surface area (Å²) in [5.74, 6) is 0. The van der Waals surface area contributed by atoms with Crippen molar-refractivity contribution < 1.29 is 4.74 Å². The molecule has 94 valence electrons. The largest absolute Gasteiger partial charge is 0.379 e. The van der Waals surface area contributed by atoms with Crippen LogP contribution in [0.2, 0.25) is 0 Å². The fourth-order valence-corrected chi connectivity index (χ4v) is 1.99. The summed E-state index contributed by atoms with van der Waals surface area (Å²) in [4.78, 5) is 0. The first-order valence-electron chi connectivity index (χ1n) is 6.15. The van der Waals surface area contributed by atoms with Crippen LogP contribution in [0.1, 0.15) is 19.0 Å². The molecular weight excluding hydrogens is 216 g/mol. The molecule has 2 N–H and O–H groups in total. The van der Waals surface area contributed by atoms with Crippen LogP contribution >= 0.6 is 0 Å². The summed E-state index contributed by atoms with van der Waals surface area (Å²) in [7, 11) is 0. The normalized spacial score (nSPS) is 22.3. The van der Waals surface area contributed by atoms with Gasteiger partial charge in [-0.2, -0.15) is 10.2 Å². The maximum atomic E-state index is 5.43. The first kappa shape index (κ1) is 12.4. The zero-order chi connectivity index (χ0) is 11.9. The fraction of sp³-hybridized carbons (Fsp3) is 0.667. The van der Waals surface area contributed by atoms with E-state index in [0.717, 1.165) is 38.4 Å². The van der Waals surface area contributed by atoms with Gasteiger partial charge in [0.05, 0.1) is 18.9 Å². The summed E-state index contributed by atoms with van der Waals surface area (Å²) in [6, 6.07) is 4.80. The molecule has 0 aliphatic carbocycles. The second kappa shape index (κ2) is 6.64. The van der Waals surface area contributed by atoms with Gasteiger partial charge >= 0.3 is 0 Å². The van der Waals surface area contributed by atoms with E-state index >= 15 is 0 Å². The molecule has 0 aromatic carbocycles. The average Bonchev–Trinajstić information content (AvgIpc) is 2.39.